The van der Waals surface area contributed by atoms with Gasteiger partial charge in [-0.3, -0.25) is 0 Å². The maximum Gasteiger partial charge on any atom is 0.155 e. The van der Waals surface area contributed by atoms with E-state index in [9.17, 15) is 0 Å². The fourth-order valence-electron chi connectivity index (χ4n) is 1.96. The first kappa shape index (κ1) is 8.89. The van der Waals surface area contributed by atoms with E-state index in [2.05, 4.69) is 30.0 Å². The maximum atomic E-state index is 4.64. The molecule has 0 radical (unpaired) electrons. The molecular formula is C12H15N3. The Morgan fingerprint density at radius 1 is 1.40 bits per heavy atom. The minimum absolute atomic E-state index is 0.493. The topological polar surface area (TPSA) is 30.2 Å². The predicted molar refractivity (Wildman–Crippen MR) is 59.1 cm³/mol. The Labute approximate surface area is 89.1 Å². The van der Waals surface area contributed by atoms with Gasteiger partial charge in [0.15, 0.2) is 5.65 Å². The summed E-state index contributed by atoms with van der Waals surface area (Å²) >= 11 is 0. The molecule has 1 aliphatic rings. The van der Waals surface area contributed by atoms with Crippen LogP contribution in [0.4, 0.5) is 0 Å². The van der Waals surface area contributed by atoms with Gasteiger partial charge in [0.1, 0.15) is 0 Å². The van der Waals surface area contributed by atoms with Crippen molar-refractivity contribution < 1.29 is 0 Å². The van der Waals surface area contributed by atoms with Crippen molar-refractivity contribution in [2.24, 2.45) is 0 Å². The Kier molecular flexibility index (Phi) is 1.81. The molecule has 1 fully saturated rings. The van der Waals surface area contributed by atoms with Crippen LogP contribution in [-0.2, 0) is 0 Å². The molecule has 0 N–H and O–H groups in total. The van der Waals surface area contributed by atoms with Crippen molar-refractivity contribution in [3.05, 3.63) is 29.7 Å². The molecule has 0 aliphatic heterocycles. The summed E-state index contributed by atoms with van der Waals surface area (Å²) in [5.74, 6) is 1.20. The van der Waals surface area contributed by atoms with Gasteiger partial charge in [-0.15, -0.1) is 0 Å². The zero-order chi connectivity index (χ0) is 10.4. The van der Waals surface area contributed by atoms with E-state index in [1.54, 1.807) is 0 Å². The fraction of sp³-hybridized carbons (Fsp3) is 0.500. The third-order valence-corrected chi connectivity index (χ3v) is 2.99. The van der Waals surface area contributed by atoms with Gasteiger partial charge in [0.05, 0.1) is 6.20 Å². The number of hydrogen-bond donors (Lipinski definition) is 0. The van der Waals surface area contributed by atoms with E-state index in [1.807, 2.05) is 16.8 Å². The van der Waals surface area contributed by atoms with Gasteiger partial charge in [0, 0.05) is 23.4 Å². The first-order valence-electron chi connectivity index (χ1n) is 5.60. The van der Waals surface area contributed by atoms with Crippen LogP contribution in [-0.4, -0.2) is 14.6 Å². The van der Waals surface area contributed by atoms with Crippen LogP contribution in [0.5, 0.6) is 0 Å². The molecule has 0 spiro atoms. The molecule has 0 unspecified atom stereocenters. The van der Waals surface area contributed by atoms with Crippen LogP contribution >= 0.6 is 0 Å². The van der Waals surface area contributed by atoms with Crippen LogP contribution in [0.2, 0.25) is 0 Å². The van der Waals surface area contributed by atoms with Crippen LogP contribution in [0.3, 0.4) is 0 Å². The van der Waals surface area contributed by atoms with Gasteiger partial charge in [-0.05, 0) is 24.8 Å². The van der Waals surface area contributed by atoms with Crippen molar-refractivity contribution in [1.29, 1.82) is 0 Å². The summed E-state index contributed by atoms with van der Waals surface area (Å²) in [6.07, 6.45) is 4.43. The van der Waals surface area contributed by atoms with Crippen molar-refractivity contribution >= 4 is 5.65 Å². The van der Waals surface area contributed by atoms with Crippen LogP contribution < -0.4 is 0 Å². The van der Waals surface area contributed by atoms with E-state index >= 15 is 0 Å². The Morgan fingerprint density at radius 3 is 2.87 bits per heavy atom. The summed E-state index contributed by atoms with van der Waals surface area (Å²) < 4.78 is 1.95. The molecule has 0 bridgehead atoms. The zero-order valence-corrected chi connectivity index (χ0v) is 9.14. The van der Waals surface area contributed by atoms with Crippen molar-refractivity contribution in [2.45, 2.75) is 38.5 Å². The molecule has 2 heterocycles. The van der Waals surface area contributed by atoms with Crippen LogP contribution in [0.1, 0.15) is 49.9 Å². The number of fused-ring (bicyclic) bond motifs is 1. The van der Waals surface area contributed by atoms with Crippen LogP contribution in [0.15, 0.2) is 18.3 Å². The Hall–Kier alpha value is -1.38. The molecule has 0 aromatic carbocycles. The summed E-state index contributed by atoms with van der Waals surface area (Å²) in [5.41, 5.74) is 3.52. The number of aromatic nitrogens is 3. The van der Waals surface area contributed by atoms with Crippen LogP contribution in [0.25, 0.3) is 5.65 Å². The second-order valence-electron chi connectivity index (χ2n) is 4.64. The van der Waals surface area contributed by atoms with Gasteiger partial charge in [0.25, 0.3) is 0 Å². The molecule has 0 atom stereocenters. The Bertz CT molecular complexity index is 495. The van der Waals surface area contributed by atoms with Gasteiger partial charge >= 0.3 is 0 Å². The molecule has 0 saturated heterocycles. The molecule has 2 aromatic heterocycles. The largest absolute Gasteiger partial charge is 0.233 e. The summed E-state index contributed by atoms with van der Waals surface area (Å²) in [4.78, 5) is 4.64. The molecule has 3 rings (SSSR count). The quantitative estimate of drug-likeness (QED) is 0.747. The average molecular weight is 201 g/mol. The summed E-state index contributed by atoms with van der Waals surface area (Å²) in [7, 11) is 0. The normalized spacial score (nSPS) is 16.5. The van der Waals surface area contributed by atoms with E-state index in [-0.39, 0.29) is 0 Å². The SMILES string of the molecule is CC(C)c1cc(C2CC2)nc2ccnn12. The fourth-order valence-corrected chi connectivity index (χ4v) is 1.96. The highest BCUT2D eigenvalue weighted by Gasteiger charge is 2.26. The third kappa shape index (κ3) is 1.42. The molecule has 78 valence electrons. The molecule has 15 heavy (non-hydrogen) atoms. The molecule has 3 heteroatoms. The minimum atomic E-state index is 0.493. The highest BCUT2D eigenvalue weighted by Crippen LogP contribution is 2.39. The van der Waals surface area contributed by atoms with Gasteiger partial charge in [-0.1, -0.05) is 13.8 Å². The van der Waals surface area contributed by atoms with Crippen molar-refractivity contribution in [1.82, 2.24) is 14.6 Å². The number of nitrogens with zero attached hydrogens (tertiary/aromatic N) is 3. The minimum Gasteiger partial charge on any atom is -0.233 e. The second-order valence-corrected chi connectivity index (χ2v) is 4.64. The van der Waals surface area contributed by atoms with Gasteiger partial charge in [-0.2, -0.15) is 5.10 Å². The standard InChI is InChI=1S/C12H15N3/c1-8(2)11-7-10(9-3-4-9)14-12-5-6-13-15(11)12/h5-9H,3-4H2,1-2H3. The lowest BCUT2D eigenvalue weighted by Gasteiger charge is -2.10. The maximum absolute atomic E-state index is 4.64. The summed E-state index contributed by atoms with van der Waals surface area (Å²) in [6.45, 7) is 4.40. The van der Waals surface area contributed by atoms with Gasteiger partial charge < -0.3 is 0 Å². The first-order chi connectivity index (χ1) is 7.25. The highest BCUT2D eigenvalue weighted by molar-refractivity contribution is 5.41. The smallest absolute Gasteiger partial charge is 0.155 e. The number of rotatable bonds is 2. The summed E-state index contributed by atoms with van der Waals surface area (Å²) in [5, 5.41) is 4.31. The first-order valence-corrected chi connectivity index (χ1v) is 5.60. The van der Waals surface area contributed by atoms with E-state index < -0.39 is 0 Å². The molecule has 1 aliphatic carbocycles. The molecule has 1 saturated carbocycles. The van der Waals surface area contributed by atoms with E-state index in [0.717, 1.165) is 5.65 Å². The van der Waals surface area contributed by atoms with E-state index in [4.69, 9.17) is 0 Å². The molecular weight excluding hydrogens is 186 g/mol. The third-order valence-electron chi connectivity index (χ3n) is 2.99. The van der Waals surface area contributed by atoms with Gasteiger partial charge in [0.2, 0.25) is 0 Å². The Balaban J connectivity index is 2.23. The average Bonchev–Trinajstić information content (AvgIpc) is 2.95. The van der Waals surface area contributed by atoms with Crippen molar-refractivity contribution in [3.63, 3.8) is 0 Å². The van der Waals surface area contributed by atoms with Crippen molar-refractivity contribution in [2.75, 3.05) is 0 Å². The van der Waals surface area contributed by atoms with Crippen molar-refractivity contribution in [3.8, 4) is 0 Å². The van der Waals surface area contributed by atoms with E-state index in [0.29, 0.717) is 11.8 Å². The molecule has 0 amide bonds. The number of hydrogen-bond acceptors (Lipinski definition) is 2. The monoisotopic (exact) mass is 201 g/mol. The highest BCUT2D eigenvalue weighted by atomic mass is 15.2. The molecule has 2 aromatic rings. The van der Waals surface area contributed by atoms with Crippen LogP contribution in [0, 0.1) is 0 Å². The van der Waals surface area contributed by atoms with Gasteiger partial charge in [-0.25, -0.2) is 9.50 Å². The zero-order valence-electron chi connectivity index (χ0n) is 9.14. The summed E-state index contributed by atoms with van der Waals surface area (Å²) in [6, 6.07) is 4.21. The van der Waals surface area contributed by atoms with E-state index in [1.165, 1.54) is 24.2 Å². The predicted octanol–water partition coefficient (Wildman–Crippen LogP) is 2.73. The lowest BCUT2D eigenvalue weighted by atomic mass is 10.1. The lowest BCUT2D eigenvalue weighted by Crippen LogP contribution is -2.04. The lowest BCUT2D eigenvalue weighted by molar-refractivity contribution is 0.741. The Morgan fingerprint density at radius 2 is 2.20 bits per heavy atom. The molecule has 3 nitrogen and oxygen atoms in total. The second kappa shape index (κ2) is 3.05.